The SMILES string of the molecule is Brc1ccc2nc(N3CCCCC3)ccc2c1. The molecule has 0 N–H and O–H groups in total. The number of hydrogen-bond donors (Lipinski definition) is 0. The van der Waals surface area contributed by atoms with Crippen molar-refractivity contribution in [3.8, 4) is 0 Å². The molecule has 2 aromatic rings. The predicted molar refractivity (Wildman–Crippen MR) is 75.5 cm³/mol. The van der Waals surface area contributed by atoms with Crippen LogP contribution in [-0.4, -0.2) is 18.1 Å². The fourth-order valence-corrected chi connectivity index (χ4v) is 2.76. The van der Waals surface area contributed by atoms with E-state index in [1.165, 1.54) is 24.6 Å². The lowest BCUT2D eigenvalue weighted by molar-refractivity contribution is 0.574. The topological polar surface area (TPSA) is 16.1 Å². The molecule has 0 bridgehead atoms. The molecule has 1 aliphatic heterocycles. The monoisotopic (exact) mass is 290 g/mol. The van der Waals surface area contributed by atoms with Crippen LogP contribution in [0.15, 0.2) is 34.8 Å². The van der Waals surface area contributed by atoms with E-state index in [1.54, 1.807) is 0 Å². The summed E-state index contributed by atoms with van der Waals surface area (Å²) in [7, 11) is 0. The Labute approximate surface area is 110 Å². The van der Waals surface area contributed by atoms with E-state index >= 15 is 0 Å². The molecule has 0 amide bonds. The average Bonchev–Trinajstić information content (AvgIpc) is 2.39. The Bertz CT molecular complexity index is 533. The molecule has 1 aliphatic rings. The quantitative estimate of drug-likeness (QED) is 0.790. The molecular weight excluding hydrogens is 276 g/mol. The van der Waals surface area contributed by atoms with Crippen molar-refractivity contribution in [2.75, 3.05) is 18.0 Å². The number of piperidine rings is 1. The number of pyridine rings is 1. The zero-order valence-corrected chi connectivity index (χ0v) is 11.3. The predicted octanol–water partition coefficient (Wildman–Crippen LogP) is 3.99. The van der Waals surface area contributed by atoms with Crippen LogP contribution in [0.5, 0.6) is 0 Å². The Kier molecular flexibility index (Phi) is 3.02. The molecule has 0 spiro atoms. The van der Waals surface area contributed by atoms with Gasteiger partial charge in [-0.1, -0.05) is 15.9 Å². The zero-order valence-electron chi connectivity index (χ0n) is 9.69. The highest BCUT2D eigenvalue weighted by molar-refractivity contribution is 9.10. The van der Waals surface area contributed by atoms with Crippen LogP contribution < -0.4 is 4.90 Å². The van der Waals surface area contributed by atoms with Gasteiger partial charge in [-0.05, 0) is 49.6 Å². The van der Waals surface area contributed by atoms with Gasteiger partial charge in [0.05, 0.1) is 5.52 Å². The van der Waals surface area contributed by atoms with E-state index in [0.29, 0.717) is 0 Å². The molecule has 0 aliphatic carbocycles. The first-order valence-corrected chi connectivity index (χ1v) is 6.93. The smallest absolute Gasteiger partial charge is 0.129 e. The Morgan fingerprint density at radius 2 is 1.82 bits per heavy atom. The van der Waals surface area contributed by atoms with Crippen molar-refractivity contribution in [1.29, 1.82) is 0 Å². The minimum atomic E-state index is 1.08. The Hall–Kier alpha value is -1.09. The first-order chi connectivity index (χ1) is 8.33. The summed E-state index contributed by atoms with van der Waals surface area (Å²) in [5.41, 5.74) is 1.08. The summed E-state index contributed by atoms with van der Waals surface area (Å²) < 4.78 is 1.11. The summed E-state index contributed by atoms with van der Waals surface area (Å²) in [5, 5.41) is 1.19. The third kappa shape index (κ3) is 2.29. The van der Waals surface area contributed by atoms with Gasteiger partial charge in [-0.2, -0.15) is 0 Å². The summed E-state index contributed by atoms with van der Waals surface area (Å²) in [6.45, 7) is 2.30. The minimum absolute atomic E-state index is 1.08. The maximum Gasteiger partial charge on any atom is 0.129 e. The van der Waals surface area contributed by atoms with Gasteiger partial charge >= 0.3 is 0 Å². The summed E-state index contributed by atoms with van der Waals surface area (Å²) in [4.78, 5) is 7.14. The van der Waals surface area contributed by atoms with E-state index in [-0.39, 0.29) is 0 Å². The van der Waals surface area contributed by atoms with Gasteiger partial charge in [0, 0.05) is 22.9 Å². The Morgan fingerprint density at radius 1 is 1.00 bits per heavy atom. The summed E-state index contributed by atoms with van der Waals surface area (Å²) in [6.07, 6.45) is 3.94. The summed E-state index contributed by atoms with van der Waals surface area (Å²) >= 11 is 3.49. The van der Waals surface area contributed by atoms with Crippen LogP contribution in [0.4, 0.5) is 5.82 Å². The van der Waals surface area contributed by atoms with Gasteiger partial charge in [-0.3, -0.25) is 0 Å². The summed E-state index contributed by atoms with van der Waals surface area (Å²) in [5.74, 6) is 1.12. The highest BCUT2D eigenvalue weighted by atomic mass is 79.9. The first-order valence-electron chi connectivity index (χ1n) is 6.14. The van der Waals surface area contributed by atoms with Gasteiger partial charge in [0.15, 0.2) is 0 Å². The van der Waals surface area contributed by atoms with E-state index in [4.69, 9.17) is 4.98 Å². The maximum atomic E-state index is 4.75. The van der Waals surface area contributed by atoms with Crippen molar-refractivity contribution in [3.63, 3.8) is 0 Å². The molecule has 1 aromatic heterocycles. The van der Waals surface area contributed by atoms with E-state index in [0.717, 1.165) is 28.9 Å². The standard InChI is InChI=1S/C14H15BrN2/c15-12-5-6-13-11(10-12)4-7-14(16-13)17-8-2-1-3-9-17/h4-7,10H,1-3,8-9H2. The second-order valence-corrected chi connectivity index (χ2v) is 5.47. The zero-order chi connectivity index (χ0) is 11.7. The van der Waals surface area contributed by atoms with Crippen LogP contribution in [0.2, 0.25) is 0 Å². The number of aromatic nitrogens is 1. The van der Waals surface area contributed by atoms with Gasteiger partial charge in [0.25, 0.3) is 0 Å². The number of nitrogens with zero attached hydrogens (tertiary/aromatic N) is 2. The van der Waals surface area contributed by atoms with Crippen LogP contribution in [0.25, 0.3) is 10.9 Å². The molecule has 3 heteroatoms. The van der Waals surface area contributed by atoms with Gasteiger partial charge in [0.1, 0.15) is 5.82 Å². The number of halogens is 1. The van der Waals surface area contributed by atoms with Crippen molar-refractivity contribution in [3.05, 3.63) is 34.8 Å². The fraction of sp³-hybridized carbons (Fsp3) is 0.357. The average molecular weight is 291 g/mol. The fourth-order valence-electron chi connectivity index (χ4n) is 2.38. The summed E-state index contributed by atoms with van der Waals surface area (Å²) in [6, 6.07) is 10.5. The number of fused-ring (bicyclic) bond motifs is 1. The minimum Gasteiger partial charge on any atom is -0.357 e. The highest BCUT2D eigenvalue weighted by Gasteiger charge is 2.12. The molecule has 0 atom stereocenters. The molecule has 2 heterocycles. The van der Waals surface area contributed by atoms with Crippen molar-refractivity contribution < 1.29 is 0 Å². The molecule has 1 saturated heterocycles. The van der Waals surface area contributed by atoms with Crippen molar-refractivity contribution in [1.82, 2.24) is 4.98 Å². The van der Waals surface area contributed by atoms with Crippen LogP contribution in [0.3, 0.4) is 0 Å². The third-order valence-electron chi connectivity index (χ3n) is 3.32. The van der Waals surface area contributed by atoms with Crippen LogP contribution in [0, 0.1) is 0 Å². The molecule has 2 nitrogen and oxygen atoms in total. The number of anilines is 1. The molecule has 1 fully saturated rings. The van der Waals surface area contributed by atoms with Crippen LogP contribution >= 0.6 is 15.9 Å². The second kappa shape index (κ2) is 4.65. The molecule has 1 aromatic carbocycles. The van der Waals surface area contributed by atoms with Crippen molar-refractivity contribution in [2.24, 2.45) is 0 Å². The molecule has 17 heavy (non-hydrogen) atoms. The van der Waals surface area contributed by atoms with Crippen molar-refractivity contribution in [2.45, 2.75) is 19.3 Å². The lowest BCUT2D eigenvalue weighted by Gasteiger charge is -2.27. The van der Waals surface area contributed by atoms with Crippen LogP contribution in [-0.2, 0) is 0 Å². The Balaban J connectivity index is 1.98. The van der Waals surface area contributed by atoms with Crippen molar-refractivity contribution >= 4 is 32.7 Å². The third-order valence-corrected chi connectivity index (χ3v) is 3.81. The highest BCUT2D eigenvalue weighted by Crippen LogP contribution is 2.23. The molecule has 0 radical (unpaired) electrons. The maximum absolute atomic E-state index is 4.75. The van der Waals surface area contributed by atoms with Gasteiger partial charge < -0.3 is 4.90 Å². The molecule has 0 unspecified atom stereocenters. The van der Waals surface area contributed by atoms with E-state index in [1.807, 2.05) is 0 Å². The lowest BCUT2D eigenvalue weighted by Crippen LogP contribution is -2.30. The normalized spacial score (nSPS) is 16.4. The first kappa shape index (κ1) is 11.0. The number of hydrogen-bond acceptors (Lipinski definition) is 2. The van der Waals surface area contributed by atoms with Gasteiger partial charge in [0.2, 0.25) is 0 Å². The lowest BCUT2D eigenvalue weighted by atomic mass is 10.1. The molecular formula is C14H15BrN2. The number of rotatable bonds is 1. The van der Waals surface area contributed by atoms with Gasteiger partial charge in [-0.25, -0.2) is 4.98 Å². The van der Waals surface area contributed by atoms with Gasteiger partial charge in [-0.15, -0.1) is 0 Å². The molecule has 0 saturated carbocycles. The largest absolute Gasteiger partial charge is 0.357 e. The second-order valence-electron chi connectivity index (χ2n) is 4.55. The van der Waals surface area contributed by atoms with Crippen LogP contribution in [0.1, 0.15) is 19.3 Å². The van der Waals surface area contributed by atoms with E-state index in [9.17, 15) is 0 Å². The molecule has 3 rings (SSSR count). The Morgan fingerprint density at radius 3 is 2.65 bits per heavy atom. The van der Waals surface area contributed by atoms with E-state index in [2.05, 4.69) is 51.2 Å². The molecule has 88 valence electrons. The number of benzene rings is 1. The van der Waals surface area contributed by atoms with E-state index < -0.39 is 0 Å².